The average molecular weight is 335 g/mol. The van der Waals surface area contributed by atoms with Crippen molar-refractivity contribution in [3.63, 3.8) is 0 Å². The second-order valence-corrected chi connectivity index (χ2v) is 5.52. The van der Waals surface area contributed by atoms with Crippen LogP contribution in [0.5, 0.6) is 0 Å². The van der Waals surface area contributed by atoms with Crippen LogP contribution in [0.2, 0.25) is 0 Å². The molecule has 0 aromatic carbocycles. The minimum absolute atomic E-state index is 0. The molecule has 0 aromatic heterocycles. The second-order valence-electron chi connectivity index (χ2n) is 4.43. The van der Waals surface area contributed by atoms with E-state index in [2.05, 4.69) is 11.1 Å². The zero-order valence-corrected chi connectivity index (χ0v) is 12.2. The Balaban J connectivity index is -0.000000427. The van der Waals surface area contributed by atoms with Gasteiger partial charge in [0.1, 0.15) is 0 Å². The molecule has 0 amide bonds. The first-order valence-electron chi connectivity index (χ1n) is 6.68. The van der Waals surface area contributed by atoms with E-state index in [4.69, 9.17) is 4.55 Å². The molecule has 0 radical (unpaired) electrons. The van der Waals surface area contributed by atoms with Gasteiger partial charge in [-0.25, -0.2) is 4.18 Å². The molecule has 0 aliphatic heterocycles. The molecule has 0 fully saturated rings. The predicted molar refractivity (Wildman–Crippen MR) is 88.7 cm³/mol. The summed E-state index contributed by atoms with van der Waals surface area (Å²) in [6.45, 7) is 2.31. The van der Waals surface area contributed by atoms with Crippen LogP contribution in [0.1, 0.15) is 71.1 Å². The van der Waals surface area contributed by atoms with Crippen LogP contribution < -0.4 is 0 Å². The van der Waals surface area contributed by atoms with E-state index in [1.54, 1.807) is 0 Å². The molecule has 5 nitrogen and oxygen atoms in total. The summed E-state index contributed by atoms with van der Waals surface area (Å²) in [4.78, 5) is 0. The van der Waals surface area contributed by atoms with Gasteiger partial charge in [-0.2, -0.15) is 8.42 Å². The molecule has 3 N–H and O–H groups in total. The summed E-state index contributed by atoms with van der Waals surface area (Å²) < 4.78 is 33.0. The molecule has 0 aliphatic rings. The van der Waals surface area contributed by atoms with Crippen LogP contribution in [0.15, 0.2) is 0 Å². The van der Waals surface area contributed by atoms with Crippen LogP contribution in [-0.2, 0) is 14.6 Å². The van der Waals surface area contributed by atoms with Crippen molar-refractivity contribution in [2.24, 2.45) is 0 Å². The van der Waals surface area contributed by atoms with Crippen molar-refractivity contribution < 1.29 is 22.6 Å². The van der Waals surface area contributed by atoms with E-state index in [-0.39, 0.29) is 64.7 Å². The van der Waals surface area contributed by atoms with E-state index >= 15 is 0 Å². The van der Waals surface area contributed by atoms with Gasteiger partial charge in [0, 0.05) is 0 Å². The number of rotatable bonds is 12. The van der Waals surface area contributed by atoms with Crippen molar-refractivity contribution >= 4 is 63.0 Å². The molecule has 0 saturated heterocycles. The molecule has 20 heavy (non-hydrogen) atoms. The molecule has 0 bridgehead atoms. The SMILES string of the molecule is CCCCCCCCCCCCOS(=O)(=O)O.O.[MgH2].[NaH]. The van der Waals surface area contributed by atoms with E-state index in [9.17, 15) is 8.42 Å². The fourth-order valence-corrected chi connectivity index (χ4v) is 2.08. The Morgan fingerprint density at radius 3 is 1.55 bits per heavy atom. The second kappa shape index (κ2) is 20.6. The van der Waals surface area contributed by atoms with E-state index in [0.717, 1.165) is 12.8 Å². The van der Waals surface area contributed by atoms with E-state index in [0.29, 0.717) is 6.42 Å². The molecule has 0 aliphatic carbocycles. The summed E-state index contributed by atoms with van der Waals surface area (Å²) in [6, 6.07) is 0. The fraction of sp³-hybridized carbons (Fsp3) is 1.00. The van der Waals surface area contributed by atoms with Crippen LogP contribution >= 0.6 is 0 Å². The molecule has 0 unspecified atom stereocenters. The van der Waals surface area contributed by atoms with Crippen molar-refractivity contribution in [2.75, 3.05) is 6.61 Å². The van der Waals surface area contributed by atoms with Crippen molar-refractivity contribution in [1.82, 2.24) is 0 Å². The molecule has 0 aromatic rings. The van der Waals surface area contributed by atoms with Crippen molar-refractivity contribution in [3.05, 3.63) is 0 Å². The van der Waals surface area contributed by atoms with Crippen molar-refractivity contribution in [2.45, 2.75) is 71.1 Å². The summed E-state index contributed by atoms with van der Waals surface area (Å²) in [5.74, 6) is 0. The van der Waals surface area contributed by atoms with Crippen LogP contribution in [0.25, 0.3) is 0 Å². The third kappa shape index (κ3) is 27.9. The standard InChI is InChI=1S/C12H26O4S.Mg.Na.H2O.3H/c1-2-3-4-5-6-7-8-9-10-11-12-16-17(13,14)15;;;;;;/h2-12H2,1H3,(H,13,14,15);;;1H2;;;. The van der Waals surface area contributed by atoms with Gasteiger partial charge in [-0.1, -0.05) is 64.7 Å². The zero-order chi connectivity index (χ0) is 13.0. The molecule has 118 valence electrons. The monoisotopic (exact) mass is 334 g/mol. The summed E-state index contributed by atoms with van der Waals surface area (Å²) in [7, 11) is -4.23. The van der Waals surface area contributed by atoms with Gasteiger partial charge >= 0.3 is 63.0 Å². The third-order valence-electron chi connectivity index (χ3n) is 2.73. The van der Waals surface area contributed by atoms with Crippen LogP contribution in [0.3, 0.4) is 0 Å². The fourth-order valence-electron chi connectivity index (χ4n) is 1.75. The number of unbranched alkanes of at least 4 members (excludes halogenated alkanes) is 9. The average Bonchev–Trinajstić information content (AvgIpc) is 2.24. The summed E-state index contributed by atoms with van der Waals surface area (Å²) in [6.07, 6.45) is 11.9. The topological polar surface area (TPSA) is 95.1 Å². The maximum absolute atomic E-state index is 10.2. The van der Waals surface area contributed by atoms with Gasteiger partial charge in [0.05, 0.1) is 6.61 Å². The van der Waals surface area contributed by atoms with E-state index in [1.165, 1.54) is 44.9 Å². The summed E-state index contributed by atoms with van der Waals surface area (Å²) in [5, 5.41) is 0. The molecule has 0 saturated carbocycles. The Bertz CT molecular complexity index is 263. The Kier molecular flexibility index (Phi) is 30.5. The van der Waals surface area contributed by atoms with Crippen LogP contribution in [0.4, 0.5) is 0 Å². The maximum atomic E-state index is 10.2. The minimum atomic E-state index is -4.23. The number of hydrogen-bond acceptors (Lipinski definition) is 3. The molecule has 0 atom stereocenters. The van der Waals surface area contributed by atoms with Gasteiger partial charge < -0.3 is 5.48 Å². The van der Waals surface area contributed by atoms with Gasteiger partial charge in [-0.05, 0) is 6.42 Å². The Morgan fingerprint density at radius 2 is 1.20 bits per heavy atom. The zero-order valence-electron chi connectivity index (χ0n) is 11.4. The molecule has 0 spiro atoms. The number of hydrogen-bond donors (Lipinski definition) is 1. The van der Waals surface area contributed by atoms with Gasteiger partial charge in [-0.15, -0.1) is 0 Å². The Hall–Kier alpha value is 1.60. The van der Waals surface area contributed by atoms with Crippen molar-refractivity contribution in [1.29, 1.82) is 0 Å². The first-order chi connectivity index (χ1) is 8.06. The van der Waals surface area contributed by atoms with Crippen molar-refractivity contribution in [3.8, 4) is 0 Å². The summed E-state index contributed by atoms with van der Waals surface area (Å²) >= 11 is 0. The molecule has 8 heteroatoms. The van der Waals surface area contributed by atoms with Crippen LogP contribution in [0, 0.1) is 0 Å². The first-order valence-corrected chi connectivity index (χ1v) is 8.04. The Labute approximate surface area is 162 Å². The van der Waals surface area contributed by atoms with Gasteiger partial charge in [-0.3, -0.25) is 4.55 Å². The Morgan fingerprint density at radius 1 is 0.850 bits per heavy atom. The van der Waals surface area contributed by atoms with Gasteiger partial charge in [0.25, 0.3) is 0 Å². The van der Waals surface area contributed by atoms with Gasteiger partial charge in [0.15, 0.2) is 0 Å². The predicted octanol–water partition coefficient (Wildman–Crippen LogP) is 1.34. The quantitative estimate of drug-likeness (QED) is 0.331. The third-order valence-corrected chi connectivity index (χ3v) is 3.19. The summed E-state index contributed by atoms with van der Waals surface area (Å²) in [5.41, 5.74) is 0. The molecular formula is C12H31MgNaO5S. The normalized spacial score (nSPS) is 10.1. The molecule has 0 rings (SSSR count). The van der Waals surface area contributed by atoms with Gasteiger partial charge in [0.2, 0.25) is 0 Å². The van der Waals surface area contributed by atoms with E-state index in [1.807, 2.05) is 0 Å². The molecular weight excluding hydrogens is 303 g/mol. The van der Waals surface area contributed by atoms with E-state index < -0.39 is 10.4 Å². The van der Waals surface area contributed by atoms with Crippen LogP contribution in [-0.4, -0.2) is 77.7 Å². The molecule has 0 heterocycles. The first kappa shape index (κ1) is 29.6.